The molecule has 0 atom stereocenters. The Morgan fingerprint density at radius 2 is 2.30 bits per heavy atom. The third kappa shape index (κ3) is 2.33. The van der Waals surface area contributed by atoms with Gasteiger partial charge in [0.05, 0.1) is 5.56 Å². The van der Waals surface area contributed by atoms with Crippen molar-refractivity contribution in [3.8, 4) is 0 Å². The van der Waals surface area contributed by atoms with E-state index < -0.39 is 0 Å². The monoisotopic (exact) mass is 270 g/mol. The maximum atomic E-state index is 12.1. The van der Waals surface area contributed by atoms with Gasteiger partial charge in [0.1, 0.15) is 12.2 Å². The van der Waals surface area contributed by atoms with Crippen LogP contribution in [0.4, 0.5) is 5.69 Å². The fraction of sp³-hybridized carbons (Fsp3) is 0.154. The van der Waals surface area contributed by atoms with Crippen LogP contribution in [-0.2, 0) is 6.42 Å². The van der Waals surface area contributed by atoms with Crippen LogP contribution in [0.15, 0.2) is 30.7 Å². The molecule has 7 heteroatoms. The van der Waals surface area contributed by atoms with Crippen LogP contribution in [0.25, 0.3) is 10.9 Å². The molecule has 20 heavy (non-hydrogen) atoms. The van der Waals surface area contributed by atoms with Gasteiger partial charge in [0.2, 0.25) is 0 Å². The Labute approximate surface area is 114 Å². The number of nitrogen functional groups attached to an aromatic ring is 1. The Bertz CT molecular complexity index is 730. The Morgan fingerprint density at radius 3 is 3.10 bits per heavy atom. The second-order valence-electron chi connectivity index (χ2n) is 4.45. The summed E-state index contributed by atoms with van der Waals surface area (Å²) in [5.74, 6) is 0.623. The average Bonchev–Trinajstić information content (AvgIpc) is 3.07. The molecule has 102 valence electrons. The van der Waals surface area contributed by atoms with Crippen molar-refractivity contribution in [3.05, 3.63) is 42.1 Å². The molecule has 0 bridgehead atoms. The van der Waals surface area contributed by atoms with Gasteiger partial charge in [-0.1, -0.05) is 0 Å². The first kappa shape index (κ1) is 12.2. The number of fused-ring (bicyclic) bond motifs is 1. The maximum Gasteiger partial charge on any atom is 0.253 e. The Hall–Kier alpha value is -2.83. The van der Waals surface area contributed by atoms with Crippen LogP contribution in [0.5, 0.6) is 0 Å². The average molecular weight is 270 g/mol. The minimum absolute atomic E-state index is 0.125. The van der Waals surface area contributed by atoms with E-state index in [0.717, 1.165) is 16.7 Å². The molecule has 0 unspecified atom stereocenters. The van der Waals surface area contributed by atoms with Crippen molar-refractivity contribution in [3.63, 3.8) is 0 Å². The van der Waals surface area contributed by atoms with E-state index in [2.05, 4.69) is 25.5 Å². The van der Waals surface area contributed by atoms with Crippen LogP contribution in [0.2, 0.25) is 0 Å². The summed E-state index contributed by atoms with van der Waals surface area (Å²) in [6.07, 6.45) is 3.75. The highest BCUT2D eigenvalue weighted by molar-refractivity contribution is 6.07. The third-order valence-electron chi connectivity index (χ3n) is 3.06. The lowest BCUT2D eigenvalue weighted by molar-refractivity contribution is 0.0955. The summed E-state index contributed by atoms with van der Waals surface area (Å²) >= 11 is 0. The Morgan fingerprint density at radius 1 is 1.40 bits per heavy atom. The smallest absolute Gasteiger partial charge is 0.253 e. The maximum absolute atomic E-state index is 12.1. The van der Waals surface area contributed by atoms with E-state index in [9.17, 15) is 4.79 Å². The van der Waals surface area contributed by atoms with Gasteiger partial charge in [-0.3, -0.25) is 9.89 Å². The van der Waals surface area contributed by atoms with Crippen LogP contribution in [0.3, 0.4) is 0 Å². The van der Waals surface area contributed by atoms with Crippen molar-refractivity contribution in [2.75, 3.05) is 12.3 Å². The third-order valence-corrected chi connectivity index (χ3v) is 3.06. The molecule has 1 aromatic carbocycles. The molecule has 5 N–H and O–H groups in total. The van der Waals surface area contributed by atoms with E-state index in [1.807, 2.05) is 6.07 Å². The summed E-state index contributed by atoms with van der Waals surface area (Å²) in [7, 11) is 0. The first-order valence-corrected chi connectivity index (χ1v) is 6.23. The van der Waals surface area contributed by atoms with Crippen molar-refractivity contribution in [2.24, 2.45) is 0 Å². The van der Waals surface area contributed by atoms with E-state index >= 15 is 0 Å². The van der Waals surface area contributed by atoms with E-state index in [4.69, 9.17) is 5.73 Å². The molecular weight excluding hydrogens is 256 g/mol. The van der Waals surface area contributed by atoms with E-state index in [0.29, 0.717) is 24.2 Å². The molecule has 7 nitrogen and oxygen atoms in total. The molecule has 0 fully saturated rings. The minimum Gasteiger partial charge on any atom is -0.399 e. The fourth-order valence-electron chi connectivity index (χ4n) is 2.07. The van der Waals surface area contributed by atoms with E-state index in [1.165, 1.54) is 6.33 Å². The van der Waals surface area contributed by atoms with Crippen molar-refractivity contribution >= 4 is 22.5 Å². The van der Waals surface area contributed by atoms with Crippen molar-refractivity contribution in [2.45, 2.75) is 6.42 Å². The molecule has 0 aliphatic rings. The van der Waals surface area contributed by atoms with Gasteiger partial charge in [-0.25, -0.2) is 4.98 Å². The number of hydrogen-bond donors (Lipinski definition) is 4. The Kier molecular flexibility index (Phi) is 3.08. The number of carbonyl (C=O) groups is 1. The van der Waals surface area contributed by atoms with Gasteiger partial charge in [-0.05, 0) is 18.2 Å². The number of H-pyrrole nitrogens is 2. The summed E-state index contributed by atoms with van der Waals surface area (Å²) < 4.78 is 0. The van der Waals surface area contributed by atoms with Crippen LogP contribution in [0, 0.1) is 0 Å². The van der Waals surface area contributed by atoms with Crippen LogP contribution in [0.1, 0.15) is 16.2 Å². The molecule has 2 aromatic heterocycles. The number of hydrogen-bond acceptors (Lipinski definition) is 4. The number of amides is 1. The molecule has 0 radical (unpaired) electrons. The number of aromatic amines is 2. The van der Waals surface area contributed by atoms with Crippen molar-refractivity contribution < 1.29 is 4.79 Å². The van der Waals surface area contributed by atoms with Gasteiger partial charge >= 0.3 is 0 Å². The van der Waals surface area contributed by atoms with E-state index in [1.54, 1.807) is 18.3 Å². The van der Waals surface area contributed by atoms with Gasteiger partial charge in [-0.2, -0.15) is 5.10 Å². The molecule has 3 rings (SSSR count). The minimum atomic E-state index is -0.125. The molecule has 0 spiro atoms. The molecular formula is C13H14N6O. The number of aromatic nitrogens is 4. The fourth-order valence-corrected chi connectivity index (χ4v) is 2.07. The first-order chi connectivity index (χ1) is 9.74. The zero-order chi connectivity index (χ0) is 13.9. The second kappa shape index (κ2) is 5.04. The van der Waals surface area contributed by atoms with Gasteiger partial charge in [0.25, 0.3) is 5.91 Å². The van der Waals surface area contributed by atoms with E-state index in [-0.39, 0.29) is 5.91 Å². The summed E-state index contributed by atoms with van der Waals surface area (Å²) in [6, 6.07) is 5.43. The highest BCUT2D eigenvalue weighted by Crippen LogP contribution is 2.20. The number of benzene rings is 1. The number of anilines is 1. The lowest BCUT2D eigenvalue weighted by Gasteiger charge is -2.03. The summed E-state index contributed by atoms with van der Waals surface area (Å²) in [5.41, 5.74) is 7.83. The predicted molar refractivity (Wildman–Crippen MR) is 75.1 cm³/mol. The van der Waals surface area contributed by atoms with Crippen LogP contribution in [-0.4, -0.2) is 32.6 Å². The lowest BCUT2D eigenvalue weighted by atomic mass is 10.1. The highest BCUT2D eigenvalue weighted by atomic mass is 16.1. The SMILES string of the molecule is Nc1ccc2c(C(=O)NCCc3ncn[nH]3)c[nH]c2c1. The number of nitrogens with two attached hydrogens (primary N) is 1. The molecule has 0 aliphatic heterocycles. The van der Waals surface area contributed by atoms with Crippen molar-refractivity contribution in [1.82, 2.24) is 25.5 Å². The molecule has 1 amide bonds. The van der Waals surface area contributed by atoms with Gasteiger partial charge in [0.15, 0.2) is 0 Å². The zero-order valence-corrected chi connectivity index (χ0v) is 10.7. The van der Waals surface area contributed by atoms with Crippen molar-refractivity contribution in [1.29, 1.82) is 0 Å². The number of carbonyl (C=O) groups excluding carboxylic acids is 1. The number of nitrogens with zero attached hydrogens (tertiary/aromatic N) is 2. The number of nitrogens with one attached hydrogen (secondary N) is 3. The molecule has 0 saturated carbocycles. The largest absolute Gasteiger partial charge is 0.399 e. The highest BCUT2D eigenvalue weighted by Gasteiger charge is 2.11. The molecule has 0 aliphatic carbocycles. The quantitative estimate of drug-likeness (QED) is 0.526. The zero-order valence-electron chi connectivity index (χ0n) is 10.7. The molecule has 0 saturated heterocycles. The summed E-state index contributed by atoms with van der Waals surface area (Å²) in [4.78, 5) is 19.2. The number of rotatable bonds is 4. The molecule has 2 heterocycles. The summed E-state index contributed by atoms with van der Waals surface area (Å²) in [5, 5.41) is 10.2. The van der Waals surface area contributed by atoms with Gasteiger partial charge < -0.3 is 16.0 Å². The summed E-state index contributed by atoms with van der Waals surface area (Å²) in [6.45, 7) is 0.496. The lowest BCUT2D eigenvalue weighted by Crippen LogP contribution is -2.25. The standard InChI is InChI=1S/C13H14N6O/c14-8-1-2-9-10(6-16-11(9)5-8)13(20)15-4-3-12-17-7-18-19-12/h1-2,5-7,16H,3-4,14H2,(H,15,20)(H,17,18,19). The first-order valence-electron chi connectivity index (χ1n) is 6.23. The predicted octanol–water partition coefficient (Wildman–Crippen LogP) is 0.841. The topological polar surface area (TPSA) is 112 Å². The van der Waals surface area contributed by atoms with Crippen LogP contribution < -0.4 is 11.1 Å². The second-order valence-corrected chi connectivity index (χ2v) is 4.45. The normalized spacial score (nSPS) is 10.8. The van der Waals surface area contributed by atoms with Gasteiger partial charge in [0, 0.05) is 35.8 Å². The van der Waals surface area contributed by atoms with Gasteiger partial charge in [-0.15, -0.1) is 0 Å². The van der Waals surface area contributed by atoms with Crippen LogP contribution >= 0.6 is 0 Å². The molecule has 3 aromatic rings. The Balaban J connectivity index is 1.69.